The van der Waals surface area contributed by atoms with Gasteiger partial charge in [-0.25, -0.2) is 0 Å². The summed E-state index contributed by atoms with van der Waals surface area (Å²) in [6.45, 7) is 5.61. The maximum atomic E-state index is 12.5. The molecule has 1 atom stereocenters. The predicted molar refractivity (Wildman–Crippen MR) is 96.7 cm³/mol. The molecule has 0 aliphatic carbocycles. The maximum absolute atomic E-state index is 12.5. The van der Waals surface area contributed by atoms with Crippen LogP contribution in [-0.2, 0) is 4.79 Å². The van der Waals surface area contributed by atoms with Crippen molar-refractivity contribution < 1.29 is 14.3 Å². The van der Waals surface area contributed by atoms with E-state index in [0.29, 0.717) is 12.5 Å². The SMILES string of the molecule is CC(=O)N1CCC[C@H](COc2ccc(C(=O)N3CCCCC3)cc2)C1. The van der Waals surface area contributed by atoms with Crippen molar-refractivity contribution in [1.82, 2.24) is 9.80 Å². The minimum Gasteiger partial charge on any atom is -0.493 e. The lowest BCUT2D eigenvalue weighted by Gasteiger charge is -2.31. The van der Waals surface area contributed by atoms with Gasteiger partial charge in [-0.2, -0.15) is 0 Å². The standard InChI is InChI=1S/C20H28N2O3/c1-16(23)22-13-5-6-17(14-22)15-25-19-9-7-18(8-10-19)20(24)21-11-3-2-4-12-21/h7-10,17H,2-6,11-15H2,1H3/t17-/m0/s1. The van der Waals surface area contributed by atoms with Gasteiger partial charge in [-0.15, -0.1) is 0 Å². The molecule has 1 aromatic rings. The molecule has 0 N–H and O–H groups in total. The van der Waals surface area contributed by atoms with E-state index in [0.717, 1.165) is 63.2 Å². The average molecular weight is 344 g/mol. The third-order valence-corrected chi connectivity index (χ3v) is 5.19. The normalized spacial score (nSPS) is 21.1. The predicted octanol–water partition coefficient (Wildman–Crippen LogP) is 2.95. The van der Waals surface area contributed by atoms with Crippen molar-refractivity contribution in [3.63, 3.8) is 0 Å². The Balaban J connectivity index is 1.50. The van der Waals surface area contributed by atoms with Gasteiger partial charge >= 0.3 is 0 Å². The molecule has 2 saturated heterocycles. The van der Waals surface area contributed by atoms with E-state index in [9.17, 15) is 9.59 Å². The van der Waals surface area contributed by atoms with E-state index in [4.69, 9.17) is 4.74 Å². The van der Waals surface area contributed by atoms with E-state index in [-0.39, 0.29) is 11.8 Å². The van der Waals surface area contributed by atoms with Gasteiger partial charge < -0.3 is 14.5 Å². The van der Waals surface area contributed by atoms with Crippen LogP contribution in [0.4, 0.5) is 0 Å². The van der Waals surface area contributed by atoms with Gasteiger partial charge in [0.2, 0.25) is 5.91 Å². The van der Waals surface area contributed by atoms with E-state index in [2.05, 4.69) is 0 Å². The lowest BCUT2D eigenvalue weighted by Crippen LogP contribution is -2.40. The number of benzene rings is 1. The second-order valence-electron chi connectivity index (χ2n) is 7.16. The van der Waals surface area contributed by atoms with E-state index in [1.807, 2.05) is 34.1 Å². The van der Waals surface area contributed by atoms with Crippen molar-refractivity contribution in [3.8, 4) is 5.75 Å². The van der Waals surface area contributed by atoms with Crippen LogP contribution in [0.3, 0.4) is 0 Å². The molecular formula is C20H28N2O3. The number of nitrogens with zero attached hydrogens (tertiary/aromatic N) is 2. The summed E-state index contributed by atoms with van der Waals surface area (Å²) >= 11 is 0. The van der Waals surface area contributed by atoms with Crippen molar-refractivity contribution in [2.24, 2.45) is 5.92 Å². The molecule has 0 bridgehead atoms. The summed E-state index contributed by atoms with van der Waals surface area (Å²) in [5, 5.41) is 0. The van der Waals surface area contributed by atoms with Gasteiger partial charge in [0.25, 0.3) is 5.91 Å². The second-order valence-corrected chi connectivity index (χ2v) is 7.16. The van der Waals surface area contributed by atoms with Crippen molar-refractivity contribution >= 4 is 11.8 Å². The monoisotopic (exact) mass is 344 g/mol. The number of hydrogen-bond donors (Lipinski definition) is 0. The van der Waals surface area contributed by atoms with Gasteiger partial charge in [0.05, 0.1) is 6.61 Å². The first-order valence-corrected chi connectivity index (χ1v) is 9.41. The fraction of sp³-hybridized carbons (Fsp3) is 0.600. The zero-order chi connectivity index (χ0) is 17.6. The molecule has 2 heterocycles. The Morgan fingerprint density at radius 1 is 1.00 bits per heavy atom. The highest BCUT2D eigenvalue weighted by Gasteiger charge is 2.22. The number of ether oxygens (including phenoxy) is 1. The number of amides is 2. The van der Waals surface area contributed by atoms with Crippen molar-refractivity contribution in [2.75, 3.05) is 32.8 Å². The van der Waals surface area contributed by atoms with Gasteiger partial charge in [-0.05, 0) is 56.4 Å². The van der Waals surface area contributed by atoms with Gasteiger partial charge in [-0.3, -0.25) is 9.59 Å². The zero-order valence-electron chi connectivity index (χ0n) is 15.1. The second kappa shape index (κ2) is 8.37. The molecule has 2 fully saturated rings. The molecule has 5 nitrogen and oxygen atoms in total. The van der Waals surface area contributed by atoms with Crippen molar-refractivity contribution in [2.45, 2.75) is 39.0 Å². The van der Waals surface area contributed by atoms with Crippen LogP contribution in [0, 0.1) is 5.92 Å². The first-order chi connectivity index (χ1) is 12.1. The Bertz CT molecular complexity index is 593. The fourth-order valence-electron chi connectivity index (χ4n) is 3.67. The molecule has 0 saturated carbocycles. The minimum absolute atomic E-state index is 0.121. The molecule has 3 rings (SSSR count). The smallest absolute Gasteiger partial charge is 0.253 e. The number of hydrogen-bond acceptors (Lipinski definition) is 3. The summed E-state index contributed by atoms with van der Waals surface area (Å²) in [6, 6.07) is 7.47. The topological polar surface area (TPSA) is 49.9 Å². The van der Waals surface area contributed by atoms with E-state index in [1.54, 1.807) is 6.92 Å². The molecule has 0 unspecified atom stereocenters. The highest BCUT2D eigenvalue weighted by atomic mass is 16.5. The van der Waals surface area contributed by atoms with Crippen LogP contribution in [0.2, 0.25) is 0 Å². The third kappa shape index (κ3) is 4.74. The Morgan fingerprint density at radius 3 is 2.36 bits per heavy atom. The summed E-state index contributed by atoms with van der Waals surface area (Å²) in [5.74, 6) is 1.43. The zero-order valence-corrected chi connectivity index (χ0v) is 15.1. The van der Waals surface area contributed by atoms with Crippen molar-refractivity contribution in [1.29, 1.82) is 0 Å². The molecule has 2 amide bonds. The number of rotatable bonds is 4. The molecule has 2 aliphatic heterocycles. The molecule has 2 aliphatic rings. The Kier molecular flexibility index (Phi) is 5.95. The van der Waals surface area contributed by atoms with Crippen LogP contribution in [-0.4, -0.2) is 54.4 Å². The number of carbonyl (C=O) groups is 2. The van der Waals surface area contributed by atoms with Crippen LogP contribution >= 0.6 is 0 Å². The van der Waals surface area contributed by atoms with E-state index in [1.165, 1.54) is 6.42 Å². The molecule has 1 aromatic carbocycles. The lowest BCUT2D eigenvalue weighted by molar-refractivity contribution is -0.130. The summed E-state index contributed by atoms with van der Waals surface area (Å²) in [4.78, 5) is 27.8. The van der Waals surface area contributed by atoms with Gasteiger partial charge in [0, 0.05) is 44.6 Å². The van der Waals surface area contributed by atoms with Gasteiger partial charge in [-0.1, -0.05) is 0 Å². The highest BCUT2D eigenvalue weighted by molar-refractivity contribution is 5.94. The van der Waals surface area contributed by atoms with Crippen LogP contribution in [0.5, 0.6) is 5.75 Å². The largest absolute Gasteiger partial charge is 0.493 e. The maximum Gasteiger partial charge on any atom is 0.253 e. The molecule has 0 radical (unpaired) electrons. The third-order valence-electron chi connectivity index (χ3n) is 5.19. The number of likely N-dealkylation sites (tertiary alicyclic amines) is 2. The Hall–Kier alpha value is -2.04. The molecular weight excluding hydrogens is 316 g/mol. The molecule has 25 heavy (non-hydrogen) atoms. The molecule has 5 heteroatoms. The summed E-state index contributed by atoms with van der Waals surface area (Å²) in [6.07, 6.45) is 5.56. The Morgan fingerprint density at radius 2 is 1.68 bits per heavy atom. The molecule has 0 spiro atoms. The fourth-order valence-corrected chi connectivity index (χ4v) is 3.67. The first-order valence-electron chi connectivity index (χ1n) is 9.41. The van der Waals surface area contributed by atoms with Gasteiger partial charge in [0.15, 0.2) is 0 Å². The molecule has 136 valence electrons. The first kappa shape index (κ1) is 17.8. The number of carbonyl (C=O) groups excluding carboxylic acids is 2. The van der Waals surface area contributed by atoms with Crippen LogP contribution < -0.4 is 4.74 Å². The van der Waals surface area contributed by atoms with Crippen LogP contribution in [0.25, 0.3) is 0 Å². The summed E-state index contributed by atoms with van der Waals surface area (Å²) in [7, 11) is 0. The van der Waals surface area contributed by atoms with Gasteiger partial charge in [0.1, 0.15) is 5.75 Å². The summed E-state index contributed by atoms with van der Waals surface area (Å²) < 4.78 is 5.89. The highest BCUT2D eigenvalue weighted by Crippen LogP contribution is 2.20. The van der Waals surface area contributed by atoms with Crippen molar-refractivity contribution in [3.05, 3.63) is 29.8 Å². The number of piperidine rings is 2. The average Bonchev–Trinajstić information content (AvgIpc) is 2.67. The minimum atomic E-state index is 0.121. The van der Waals surface area contributed by atoms with E-state index < -0.39 is 0 Å². The van der Waals surface area contributed by atoms with Crippen LogP contribution in [0.15, 0.2) is 24.3 Å². The van der Waals surface area contributed by atoms with E-state index >= 15 is 0 Å². The quantitative estimate of drug-likeness (QED) is 0.844. The lowest BCUT2D eigenvalue weighted by atomic mass is 9.99. The summed E-state index contributed by atoms with van der Waals surface area (Å²) in [5.41, 5.74) is 0.731. The Labute approximate surface area is 149 Å². The van der Waals surface area contributed by atoms with Crippen LogP contribution in [0.1, 0.15) is 49.4 Å². The molecule has 0 aromatic heterocycles.